The van der Waals surface area contributed by atoms with Crippen LogP contribution in [0.15, 0.2) is 59.1 Å². The molecule has 7 nitrogen and oxygen atoms in total. The van der Waals surface area contributed by atoms with Crippen LogP contribution in [0.3, 0.4) is 0 Å². The number of amides is 2. The fourth-order valence-electron chi connectivity index (χ4n) is 3.68. The summed E-state index contributed by atoms with van der Waals surface area (Å²) in [5.41, 5.74) is 1.32. The summed E-state index contributed by atoms with van der Waals surface area (Å²) in [6.07, 6.45) is 2.33. The Hall–Kier alpha value is -3.23. The molecular weight excluding hydrogens is 447 g/mol. The molecule has 1 aromatic heterocycles. The molecule has 1 aliphatic heterocycles. The highest BCUT2D eigenvalue weighted by molar-refractivity contribution is 6.33. The number of hydrogen-bond acceptors (Lipinski definition) is 5. The number of rotatable bonds is 7. The first-order valence-electron chi connectivity index (χ1n) is 10.7. The third kappa shape index (κ3) is 6.18. The molecule has 0 bridgehead atoms. The minimum Gasteiger partial charge on any atom is -0.441 e. The number of benzene rings is 2. The number of nitrogens with one attached hydrogen (secondary N) is 1. The van der Waals surface area contributed by atoms with Crippen LogP contribution in [0.5, 0.6) is 0 Å². The van der Waals surface area contributed by atoms with E-state index in [-0.39, 0.29) is 24.2 Å². The molecule has 0 atom stereocenters. The van der Waals surface area contributed by atoms with Crippen molar-refractivity contribution in [3.8, 4) is 11.3 Å². The van der Waals surface area contributed by atoms with E-state index in [1.54, 1.807) is 17.2 Å². The predicted molar refractivity (Wildman–Crippen MR) is 123 cm³/mol. The van der Waals surface area contributed by atoms with E-state index in [0.717, 1.165) is 5.56 Å². The molecule has 0 aliphatic carbocycles. The van der Waals surface area contributed by atoms with Crippen molar-refractivity contribution in [1.29, 1.82) is 0 Å². The number of carbonyl (C=O) groups is 2. The Kier molecular flexibility index (Phi) is 7.36. The molecule has 33 heavy (non-hydrogen) atoms. The Bertz CT molecular complexity index is 1110. The molecule has 1 fully saturated rings. The maximum absolute atomic E-state index is 13.0. The summed E-state index contributed by atoms with van der Waals surface area (Å²) >= 11 is 6.20. The van der Waals surface area contributed by atoms with Gasteiger partial charge in [0.25, 0.3) is 0 Å². The van der Waals surface area contributed by atoms with Gasteiger partial charge in [-0.1, -0.05) is 23.7 Å². The van der Waals surface area contributed by atoms with Crippen molar-refractivity contribution in [2.75, 3.05) is 38.0 Å². The Labute approximate surface area is 196 Å². The Morgan fingerprint density at radius 2 is 1.79 bits per heavy atom. The molecule has 3 aromatic rings. The molecule has 1 N–H and O–H groups in total. The highest BCUT2D eigenvalue weighted by Gasteiger charge is 2.23. The number of nitrogens with zero attached hydrogens (tertiary/aromatic N) is 3. The molecule has 172 valence electrons. The second-order valence-electron chi connectivity index (χ2n) is 7.81. The maximum Gasteiger partial charge on any atom is 0.238 e. The molecule has 1 saturated heterocycles. The van der Waals surface area contributed by atoms with Gasteiger partial charge in [-0.3, -0.25) is 14.5 Å². The molecule has 0 spiro atoms. The number of oxazole rings is 1. The number of hydrogen-bond donors (Lipinski definition) is 1. The Morgan fingerprint density at radius 3 is 2.52 bits per heavy atom. The number of aryl methyl sites for hydroxylation is 1. The standard InChI is InChI=1S/C24H24ClFN4O3/c25-20-4-2-1-3-19(20)21-15-27-23(33-21)9-10-24(32)30-13-11-29(12-14-30)16-22(31)28-18-7-5-17(26)6-8-18/h1-8,15H,9-14,16H2,(H,28,31). The van der Waals surface area contributed by atoms with Gasteiger partial charge in [0.1, 0.15) is 5.82 Å². The largest absolute Gasteiger partial charge is 0.441 e. The van der Waals surface area contributed by atoms with E-state index in [9.17, 15) is 14.0 Å². The average molecular weight is 471 g/mol. The lowest BCUT2D eigenvalue weighted by Crippen LogP contribution is -2.50. The van der Waals surface area contributed by atoms with Gasteiger partial charge in [-0.05, 0) is 36.4 Å². The molecule has 2 amide bonds. The van der Waals surface area contributed by atoms with Crippen molar-refractivity contribution in [2.24, 2.45) is 0 Å². The van der Waals surface area contributed by atoms with Gasteiger partial charge in [-0.15, -0.1) is 0 Å². The van der Waals surface area contributed by atoms with Crippen molar-refractivity contribution < 1.29 is 18.4 Å². The van der Waals surface area contributed by atoms with E-state index < -0.39 is 0 Å². The van der Waals surface area contributed by atoms with Crippen LogP contribution in [-0.4, -0.2) is 59.3 Å². The summed E-state index contributed by atoms with van der Waals surface area (Å²) in [6.45, 7) is 2.55. The maximum atomic E-state index is 13.0. The van der Waals surface area contributed by atoms with E-state index in [4.69, 9.17) is 16.0 Å². The van der Waals surface area contributed by atoms with Crippen LogP contribution >= 0.6 is 11.6 Å². The van der Waals surface area contributed by atoms with Crippen LogP contribution in [0.1, 0.15) is 12.3 Å². The van der Waals surface area contributed by atoms with Gasteiger partial charge in [0.05, 0.1) is 17.8 Å². The molecule has 2 aromatic carbocycles. The van der Waals surface area contributed by atoms with Crippen molar-refractivity contribution in [2.45, 2.75) is 12.8 Å². The first-order valence-corrected chi connectivity index (χ1v) is 11.1. The molecule has 2 heterocycles. The zero-order chi connectivity index (χ0) is 23.2. The minimum atomic E-state index is -0.349. The van der Waals surface area contributed by atoms with Gasteiger partial charge in [-0.2, -0.15) is 0 Å². The van der Waals surface area contributed by atoms with Gasteiger partial charge < -0.3 is 14.6 Å². The third-order valence-electron chi connectivity index (χ3n) is 5.47. The molecule has 0 unspecified atom stereocenters. The van der Waals surface area contributed by atoms with E-state index in [1.165, 1.54) is 24.3 Å². The lowest BCUT2D eigenvalue weighted by Gasteiger charge is -2.34. The van der Waals surface area contributed by atoms with Crippen LogP contribution in [0, 0.1) is 5.82 Å². The molecule has 1 aliphatic rings. The van der Waals surface area contributed by atoms with Crippen molar-refractivity contribution in [3.63, 3.8) is 0 Å². The Morgan fingerprint density at radius 1 is 1.06 bits per heavy atom. The van der Waals surface area contributed by atoms with E-state index in [0.29, 0.717) is 61.4 Å². The van der Waals surface area contributed by atoms with Crippen molar-refractivity contribution in [1.82, 2.24) is 14.8 Å². The summed E-state index contributed by atoms with van der Waals surface area (Å²) in [5.74, 6) is 0.588. The molecule has 0 radical (unpaired) electrons. The lowest BCUT2D eigenvalue weighted by atomic mass is 10.2. The van der Waals surface area contributed by atoms with E-state index in [2.05, 4.69) is 10.3 Å². The van der Waals surface area contributed by atoms with Crippen LogP contribution in [0.4, 0.5) is 10.1 Å². The quantitative estimate of drug-likeness (QED) is 0.567. The zero-order valence-corrected chi connectivity index (χ0v) is 18.7. The van der Waals surface area contributed by atoms with Crippen molar-refractivity contribution >= 4 is 29.1 Å². The molecular formula is C24H24ClFN4O3. The van der Waals surface area contributed by atoms with E-state index in [1.807, 2.05) is 23.1 Å². The second-order valence-corrected chi connectivity index (χ2v) is 8.22. The van der Waals surface area contributed by atoms with E-state index >= 15 is 0 Å². The zero-order valence-electron chi connectivity index (χ0n) is 18.0. The monoisotopic (exact) mass is 470 g/mol. The normalized spacial score (nSPS) is 14.3. The third-order valence-corrected chi connectivity index (χ3v) is 5.80. The minimum absolute atomic E-state index is 0.0305. The van der Waals surface area contributed by atoms with Gasteiger partial charge in [0.2, 0.25) is 11.8 Å². The smallest absolute Gasteiger partial charge is 0.238 e. The molecule has 4 rings (SSSR count). The van der Waals surface area contributed by atoms with Gasteiger partial charge in [-0.25, -0.2) is 9.37 Å². The summed E-state index contributed by atoms with van der Waals surface area (Å²) in [4.78, 5) is 32.9. The van der Waals surface area contributed by atoms with Crippen molar-refractivity contribution in [3.05, 3.63) is 71.5 Å². The summed E-state index contributed by atoms with van der Waals surface area (Å²) in [5, 5.41) is 3.34. The first-order chi connectivity index (χ1) is 16.0. The van der Waals surface area contributed by atoms with Gasteiger partial charge in [0.15, 0.2) is 11.7 Å². The van der Waals surface area contributed by atoms with Gasteiger partial charge >= 0.3 is 0 Å². The van der Waals surface area contributed by atoms with Crippen LogP contribution < -0.4 is 5.32 Å². The number of aromatic nitrogens is 1. The number of piperazine rings is 1. The molecule has 9 heteroatoms. The lowest BCUT2D eigenvalue weighted by molar-refractivity contribution is -0.133. The summed E-state index contributed by atoms with van der Waals surface area (Å²) in [6, 6.07) is 13.0. The highest BCUT2D eigenvalue weighted by Crippen LogP contribution is 2.28. The first kappa shape index (κ1) is 22.9. The van der Waals surface area contributed by atoms with Gasteiger partial charge in [0, 0.05) is 50.3 Å². The second kappa shape index (κ2) is 10.6. The average Bonchev–Trinajstić information content (AvgIpc) is 3.28. The number of carbonyl (C=O) groups excluding carboxylic acids is 2. The van der Waals surface area contributed by atoms with Crippen LogP contribution in [-0.2, 0) is 16.0 Å². The number of anilines is 1. The fourth-order valence-corrected chi connectivity index (χ4v) is 3.90. The highest BCUT2D eigenvalue weighted by atomic mass is 35.5. The van der Waals surface area contributed by atoms with Crippen LogP contribution in [0.2, 0.25) is 5.02 Å². The fraction of sp³-hybridized carbons (Fsp3) is 0.292. The number of halogens is 2. The predicted octanol–water partition coefficient (Wildman–Crippen LogP) is 3.85. The molecule has 0 saturated carbocycles. The summed E-state index contributed by atoms with van der Waals surface area (Å²) in [7, 11) is 0. The van der Waals surface area contributed by atoms with Crippen LogP contribution in [0.25, 0.3) is 11.3 Å². The summed E-state index contributed by atoms with van der Waals surface area (Å²) < 4.78 is 18.7. The SMILES string of the molecule is O=C(CN1CCN(C(=O)CCc2ncc(-c3ccccc3Cl)o2)CC1)Nc1ccc(F)cc1. The Balaban J connectivity index is 1.20. The topological polar surface area (TPSA) is 78.7 Å².